The highest BCUT2D eigenvalue weighted by Gasteiger charge is 2.40. The van der Waals surface area contributed by atoms with Crippen molar-refractivity contribution in [1.29, 1.82) is 0 Å². The van der Waals surface area contributed by atoms with Crippen LogP contribution < -0.4 is 0 Å². The van der Waals surface area contributed by atoms with Crippen molar-refractivity contribution < 1.29 is 29.6 Å². The Morgan fingerprint density at radius 1 is 1.22 bits per heavy atom. The predicted octanol–water partition coefficient (Wildman–Crippen LogP) is -0.718. The van der Waals surface area contributed by atoms with E-state index in [0.29, 0.717) is 5.56 Å². The fourth-order valence-corrected chi connectivity index (χ4v) is 1.69. The maximum Gasteiger partial charge on any atom is 0.338 e. The van der Waals surface area contributed by atoms with Gasteiger partial charge in [0, 0.05) is 0 Å². The SMILES string of the molecule is O=C(O[C@@H]1[C@@H](O)[C@H](O)OC[C@@H]1O)c1ccccc1. The highest BCUT2D eigenvalue weighted by molar-refractivity contribution is 5.89. The molecule has 1 aromatic carbocycles. The van der Waals surface area contributed by atoms with E-state index in [2.05, 4.69) is 4.74 Å². The summed E-state index contributed by atoms with van der Waals surface area (Å²) in [6, 6.07) is 8.19. The van der Waals surface area contributed by atoms with Gasteiger partial charge in [0.05, 0.1) is 12.2 Å². The van der Waals surface area contributed by atoms with E-state index in [1.165, 1.54) is 0 Å². The fraction of sp³-hybridized carbons (Fsp3) is 0.417. The van der Waals surface area contributed by atoms with Crippen LogP contribution in [0.4, 0.5) is 0 Å². The zero-order valence-corrected chi connectivity index (χ0v) is 9.47. The second-order valence-corrected chi connectivity index (χ2v) is 4.02. The molecule has 0 bridgehead atoms. The molecule has 2 rings (SSSR count). The zero-order chi connectivity index (χ0) is 13.1. The molecule has 1 aliphatic rings. The molecule has 4 atom stereocenters. The lowest BCUT2D eigenvalue weighted by atomic mass is 10.1. The normalized spacial score (nSPS) is 31.9. The van der Waals surface area contributed by atoms with Gasteiger partial charge >= 0.3 is 5.97 Å². The summed E-state index contributed by atoms with van der Waals surface area (Å²) in [4.78, 5) is 11.7. The van der Waals surface area contributed by atoms with Crippen LogP contribution >= 0.6 is 0 Å². The number of hydrogen-bond acceptors (Lipinski definition) is 6. The third-order valence-electron chi connectivity index (χ3n) is 2.70. The molecule has 1 fully saturated rings. The van der Waals surface area contributed by atoms with Crippen LogP contribution in [0.3, 0.4) is 0 Å². The van der Waals surface area contributed by atoms with Crippen molar-refractivity contribution in [2.24, 2.45) is 0 Å². The Morgan fingerprint density at radius 3 is 2.56 bits per heavy atom. The molecule has 98 valence electrons. The van der Waals surface area contributed by atoms with Crippen LogP contribution in [0.2, 0.25) is 0 Å². The summed E-state index contributed by atoms with van der Waals surface area (Å²) < 4.78 is 9.68. The molecule has 0 saturated carbocycles. The fourth-order valence-electron chi connectivity index (χ4n) is 1.69. The van der Waals surface area contributed by atoms with Gasteiger partial charge in [-0.05, 0) is 12.1 Å². The Kier molecular flexibility index (Phi) is 3.93. The first kappa shape index (κ1) is 13.0. The average molecular weight is 254 g/mol. The number of esters is 1. The third kappa shape index (κ3) is 2.68. The topological polar surface area (TPSA) is 96.2 Å². The van der Waals surface area contributed by atoms with Gasteiger partial charge in [-0.3, -0.25) is 0 Å². The molecular formula is C12H14O6. The summed E-state index contributed by atoms with van der Waals surface area (Å²) in [6.45, 7) is -0.203. The summed E-state index contributed by atoms with van der Waals surface area (Å²) >= 11 is 0. The van der Waals surface area contributed by atoms with Crippen LogP contribution in [-0.2, 0) is 9.47 Å². The summed E-state index contributed by atoms with van der Waals surface area (Å²) in [5.41, 5.74) is 0.304. The minimum Gasteiger partial charge on any atom is -0.453 e. The maximum atomic E-state index is 11.7. The van der Waals surface area contributed by atoms with E-state index < -0.39 is 30.6 Å². The van der Waals surface area contributed by atoms with Crippen LogP contribution in [-0.4, -0.2) is 52.5 Å². The second kappa shape index (κ2) is 5.45. The first-order valence-electron chi connectivity index (χ1n) is 5.51. The number of aliphatic hydroxyl groups is 3. The van der Waals surface area contributed by atoms with Crippen molar-refractivity contribution >= 4 is 5.97 Å². The standard InChI is InChI=1S/C12H14O6/c13-8-6-17-12(16)9(14)10(8)18-11(15)7-4-2-1-3-5-7/h1-5,8-10,12-14,16H,6H2/t8-,9+,10-,12+/m0/s1. The lowest BCUT2D eigenvalue weighted by Gasteiger charge is -2.34. The van der Waals surface area contributed by atoms with Crippen LogP contribution in [0.1, 0.15) is 10.4 Å². The van der Waals surface area contributed by atoms with Crippen LogP contribution in [0, 0.1) is 0 Å². The second-order valence-electron chi connectivity index (χ2n) is 4.02. The molecule has 0 aliphatic carbocycles. The average Bonchev–Trinajstić information content (AvgIpc) is 2.40. The molecule has 1 aliphatic heterocycles. The number of rotatable bonds is 2. The molecule has 0 unspecified atom stereocenters. The molecule has 0 aromatic heterocycles. The smallest absolute Gasteiger partial charge is 0.338 e. The number of hydrogen-bond donors (Lipinski definition) is 3. The molecule has 0 amide bonds. The number of carbonyl (C=O) groups is 1. The zero-order valence-electron chi connectivity index (χ0n) is 9.47. The number of carbonyl (C=O) groups excluding carboxylic acids is 1. The minimum absolute atomic E-state index is 0.203. The molecular weight excluding hydrogens is 240 g/mol. The summed E-state index contributed by atoms with van der Waals surface area (Å²) in [5, 5.41) is 28.4. The van der Waals surface area contributed by atoms with Gasteiger partial charge in [-0.1, -0.05) is 18.2 Å². The summed E-state index contributed by atoms with van der Waals surface area (Å²) in [5.74, 6) is -0.673. The molecule has 0 spiro atoms. The molecule has 6 heteroatoms. The molecule has 6 nitrogen and oxygen atoms in total. The highest BCUT2D eigenvalue weighted by Crippen LogP contribution is 2.18. The molecule has 0 radical (unpaired) electrons. The minimum atomic E-state index is -1.47. The van der Waals surface area contributed by atoms with Crippen LogP contribution in [0.15, 0.2) is 30.3 Å². The molecule has 1 saturated heterocycles. The lowest BCUT2D eigenvalue weighted by molar-refractivity contribution is -0.251. The Balaban J connectivity index is 2.06. The monoisotopic (exact) mass is 254 g/mol. The van der Waals surface area contributed by atoms with Crippen molar-refractivity contribution in [3.63, 3.8) is 0 Å². The Bertz CT molecular complexity index is 406. The number of benzene rings is 1. The van der Waals surface area contributed by atoms with Crippen molar-refractivity contribution in [3.05, 3.63) is 35.9 Å². The van der Waals surface area contributed by atoms with Gasteiger partial charge in [-0.15, -0.1) is 0 Å². The first-order chi connectivity index (χ1) is 8.59. The highest BCUT2D eigenvalue weighted by atomic mass is 16.6. The van der Waals surface area contributed by atoms with E-state index in [1.54, 1.807) is 30.3 Å². The summed E-state index contributed by atoms with van der Waals surface area (Å²) in [6.07, 6.45) is -5.32. The van der Waals surface area contributed by atoms with Gasteiger partial charge in [0.1, 0.15) is 12.2 Å². The molecule has 1 heterocycles. The van der Waals surface area contributed by atoms with Crippen molar-refractivity contribution in [1.82, 2.24) is 0 Å². The van der Waals surface area contributed by atoms with Crippen LogP contribution in [0.5, 0.6) is 0 Å². The summed E-state index contributed by atoms with van der Waals surface area (Å²) in [7, 11) is 0. The first-order valence-corrected chi connectivity index (χ1v) is 5.51. The number of aliphatic hydroxyl groups excluding tert-OH is 3. The molecule has 3 N–H and O–H groups in total. The largest absolute Gasteiger partial charge is 0.453 e. The maximum absolute atomic E-state index is 11.7. The van der Waals surface area contributed by atoms with E-state index >= 15 is 0 Å². The van der Waals surface area contributed by atoms with Gasteiger partial charge in [0.25, 0.3) is 0 Å². The predicted molar refractivity (Wildman–Crippen MR) is 59.6 cm³/mol. The Labute approximate surface area is 103 Å². The van der Waals surface area contributed by atoms with E-state index in [1.807, 2.05) is 0 Å². The van der Waals surface area contributed by atoms with Gasteiger partial charge in [0.15, 0.2) is 12.4 Å². The van der Waals surface area contributed by atoms with E-state index in [-0.39, 0.29) is 6.61 Å². The molecule has 18 heavy (non-hydrogen) atoms. The van der Waals surface area contributed by atoms with E-state index in [4.69, 9.17) is 4.74 Å². The lowest BCUT2D eigenvalue weighted by Crippen LogP contribution is -2.54. The van der Waals surface area contributed by atoms with Gasteiger partial charge < -0.3 is 24.8 Å². The van der Waals surface area contributed by atoms with Crippen molar-refractivity contribution in [2.75, 3.05) is 6.61 Å². The Hall–Kier alpha value is -1.47. The third-order valence-corrected chi connectivity index (χ3v) is 2.70. The quantitative estimate of drug-likeness (QED) is 0.603. The van der Waals surface area contributed by atoms with Gasteiger partial charge in [-0.25, -0.2) is 4.79 Å². The molecule has 1 aromatic rings. The van der Waals surface area contributed by atoms with Crippen molar-refractivity contribution in [2.45, 2.75) is 24.6 Å². The van der Waals surface area contributed by atoms with E-state index in [0.717, 1.165) is 0 Å². The van der Waals surface area contributed by atoms with Gasteiger partial charge in [0.2, 0.25) is 0 Å². The Morgan fingerprint density at radius 2 is 1.89 bits per heavy atom. The van der Waals surface area contributed by atoms with Crippen LogP contribution in [0.25, 0.3) is 0 Å². The number of ether oxygens (including phenoxy) is 2. The van der Waals surface area contributed by atoms with Crippen molar-refractivity contribution in [3.8, 4) is 0 Å². The van der Waals surface area contributed by atoms with E-state index in [9.17, 15) is 20.1 Å². The van der Waals surface area contributed by atoms with Gasteiger partial charge in [-0.2, -0.15) is 0 Å².